The van der Waals surface area contributed by atoms with E-state index in [9.17, 15) is 9.59 Å². The van der Waals surface area contributed by atoms with Gasteiger partial charge in [0.25, 0.3) is 0 Å². The van der Waals surface area contributed by atoms with Crippen molar-refractivity contribution in [2.45, 2.75) is 91.6 Å². The number of hydrogen-bond acceptors (Lipinski definition) is 9. The number of carbonyl (C=O) groups excluding carboxylic acids is 2. The Morgan fingerprint density at radius 1 is 0.581 bits per heavy atom. The summed E-state index contributed by atoms with van der Waals surface area (Å²) in [5.41, 5.74) is -2.43. The second-order valence-electron chi connectivity index (χ2n) is 9.99. The molecule has 0 saturated heterocycles. The molecule has 0 bridgehead atoms. The van der Waals surface area contributed by atoms with E-state index in [1.165, 1.54) is 0 Å². The summed E-state index contributed by atoms with van der Waals surface area (Å²) in [6.07, 6.45) is -1.24. The van der Waals surface area contributed by atoms with Crippen molar-refractivity contribution in [2.24, 2.45) is 20.5 Å². The van der Waals surface area contributed by atoms with E-state index in [1.54, 1.807) is 27.7 Å². The second-order valence-corrected chi connectivity index (χ2v) is 9.99. The molecule has 0 aliphatic heterocycles. The maximum absolute atomic E-state index is 11.8. The number of amides is 2. The molecule has 0 aromatic heterocycles. The van der Waals surface area contributed by atoms with Crippen LogP contribution in [-0.2, 0) is 14.2 Å². The summed E-state index contributed by atoms with van der Waals surface area (Å²) < 4.78 is 15.4. The first-order valence-corrected chi connectivity index (χ1v) is 10.3. The first kappa shape index (κ1) is 28.7. The van der Waals surface area contributed by atoms with Crippen LogP contribution < -0.4 is 10.6 Å². The standard InChI is InChI=1S/C20H40N6O5/c1-17(2,3)23-25-19(7,8)21-15(27)30-13-11-29-12-14-31-16(28)22-20(9,10)26-24-18(4,5)6/h11-14H2,1-10H3,(H,21,27)(H,22,28). The molecule has 31 heavy (non-hydrogen) atoms. The third kappa shape index (κ3) is 18.2. The Labute approximate surface area is 185 Å². The molecule has 2 amide bonds. The molecule has 0 radical (unpaired) electrons. The van der Waals surface area contributed by atoms with E-state index in [-0.39, 0.29) is 37.5 Å². The molecule has 0 rings (SSSR count). The molecule has 0 saturated carbocycles. The minimum absolute atomic E-state index is 0.0464. The fourth-order valence-corrected chi connectivity index (χ4v) is 1.66. The number of alkyl carbamates (subject to hydrolysis) is 2. The molecular formula is C20H40N6O5. The zero-order valence-electron chi connectivity index (χ0n) is 20.7. The minimum atomic E-state index is -0.882. The molecule has 11 heteroatoms. The zero-order chi connectivity index (χ0) is 24.3. The average molecular weight is 445 g/mol. The van der Waals surface area contributed by atoms with Crippen LogP contribution >= 0.6 is 0 Å². The quantitative estimate of drug-likeness (QED) is 0.379. The summed E-state index contributed by atoms with van der Waals surface area (Å²) in [5, 5.41) is 21.7. The summed E-state index contributed by atoms with van der Waals surface area (Å²) in [6.45, 7) is 18.7. The van der Waals surface area contributed by atoms with Crippen LogP contribution in [0.5, 0.6) is 0 Å². The lowest BCUT2D eigenvalue weighted by Gasteiger charge is -2.22. The second kappa shape index (κ2) is 11.9. The molecule has 0 spiro atoms. The molecule has 0 aromatic rings. The fourth-order valence-electron chi connectivity index (χ4n) is 1.66. The number of hydrogen-bond donors (Lipinski definition) is 2. The van der Waals surface area contributed by atoms with Gasteiger partial charge >= 0.3 is 12.2 Å². The topological polar surface area (TPSA) is 135 Å². The molecule has 2 N–H and O–H groups in total. The van der Waals surface area contributed by atoms with Gasteiger partial charge < -0.3 is 14.2 Å². The Balaban J connectivity index is 4.01. The predicted octanol–water partition coefficient (Wildman–Crippen LogP) is 4.43. The van der Waals surface area contributed by atoms with Crippen molar-refractivity contribution in [3.8, 4) is 0 Å². The molecule has 0 aliphatic rings. The lowest BCUT2D eigenvalue weighted by molar-refractivity contribution is 0.0428. The Kier molecular flexibility index (Phi) is 11.0. The maximum atomic E-state index is 11.8. The summed E-state index contributed by atoms with van der Waals surface area (Å²) >= 11 is 0. The lowest BCUT2D eigenvalue weighted by Crippen LogP contribution is -2.42. The monoisotopic (exact) mass is 444 g/mol. The van der Waals surface area contributed by atoms with Gasteiger partial charge in [0.15, 0.2) is 0 Å². The van der Waals surface area contributed by atoms with Crippen molar-refractivity contribution in [3.05, 3.63) is 0 Å². The van der Waals surface area contributed by atoms with Gasteiger partial charge in [-0.15, -0.1) is 0 Å². The molecule has 11 nitrogen and oxygen atoms in total. The first-order chi connectivity index (χ1) is 13.9. The number of azo groups is 2. The van der Waals surface area contributed by atoms with Gasteiger partial charge in [-0.05, 0) is 69.2 Å². The van der Waals surface area contributed by atoms with Crippen LogP contribution in [0.1, 0.15) is 69.2 Å². The Morgan fingerprint density at radius 3 is 1.19 bits per heavy atom. The smallest absolute Gasteiger partial charge is 0.409 e. The first-order valence-electron chi connectivity index (χ1n) is 10.3. The van der Waals surface area contributed by atoms with Gasteiger partial charge in [0, 0.05) is 0 Å². The van der Waals surface area contributed by atoms with Gasteiger partial charge in [-0.3, -0.25) is 10.6 Å². The summed E-state index contributed by atoms with van der Waals surface area (Å²) in [4.78, 5) is 23.6. The van der Waals surface area contributed by atoms with Gasteiger partial charge in [-0.2, -0.15) is 20.5 Å². The van der Waals surface area contributed by atoms with Crippen LogP contribution in [-0.4, -0.2) is 61.0 Å². The Morgan fingerprint density at radius 2 is 0.903 bits per heavy atom. The summed E-state index contributed by atoms with van der Waals surface area (Å²) in [5.74, 6) is 0. The maximum Gasteiger partial charge on any atom is 0.409 e. The van der Waals surface area contributed by atoms with Gasteiger partial charge in [0.1, 0.15) is 24.5 Å². The minimum Gasteiger partial charge on any atom is -0.447 e. The number of rotatable bonds is 10. The van der Waals surface area contributed by atoms with Gasteiger partial charge in [-0.1, -0.05) is 0 Å². The molecule has 180 valence electrons. The van der Waals surface area contributed by atoms with Crippen LogP contribution in [0.25, 0.3) is 0 Å². The van der Waals surface area contributed by atoms with E-state index in [2.05, 4.69) is 31.1 Å². The third-order valence-electron chi connectivity index (χ3n) is 2.94. The number of ether oxygens (including phenoxy) is 3. The number of nitrogens with one attached hydrogen (secondary N) is 2. The van der Waals surface area contributed by atoms with E-state index < -0.39 is 23.5 Å². The fraction of sp³-hybridized carbons (Fsp3) is 0.900. The lowest BCUT2D eigenvalue weighted by atomic mass is 10.1. The molecule has 0 aromatic carbocycles. The molecule has 0 atom stereocenters. The van der Waals surface area contributed by atoms with Gasteiger partial charge in [0.05, 0.1) is 24.3 Å². The van der Waals surface area contributed by atoms with Crippen molar-refractivity contribution < 1.29 is 23.8 Å². The van der Waals surface area contributed by atoms with Crippen LogP contribution in [0.2, 0.25) is 0 Å². The number of carbonyl (C=O) groups is 2. The van der Waals surface area contributed by atoms with Gasteiger partial charge in [0.2, 0.25) is 0 Å². The van der Waals surface area contributed by atoms with Crippen molar-refractivity contribution >= 4 is 12.2 Å². The van der Waals surface area contributed by atoms with E-state index in [0.29, 0.717) is 0 Å². The van der Waals surface area contributed by atoms with Crippen molar-refractivity contribution in [1.29, 1.82) is 0 Å². The molecule has 0 aliphatic carbocycles. The van der Waals surface area contributed by atoms with Crippen LogP contribution in [0, 0.1) is 0 Å². The highest BCUT2D eigenvalue weighted by Crippen LogP contribution is 2.13. The summed E-state index contributed by atoms with van der Waals surface area (Å²) in [7, 11) is 0. The summed E-state index contributed by atoms with van der Waals surface area (Å²) in [6, 6.07) is 0. The SMILES string of the molecule is CC(C)(C)N=NC(C)(C)NC(=O)OCCOCCOC(=O)NC(C)(C)N=NC(C)(C)C. The molecule has 0 fully saturated rings. The highest BCUT2D eigenvalue weighted by molar-refractivity contribution is 5.68. The van der Waals surface area contributed by atoms with Crippen molar-refractivity contribution in [3.63, 3.8) is 0 Å². The van der Waals surface area contributed by atoms with Crippen LogP contribution in [0.3, 0.4) is 0 Å². The largest absolute Gasteiger partial charge is 0.447 e. The van der Waals surface area contributed by atoms with Crippen molar-refractivity contribution in [2.75, 3.05) is 26.4 Å². The predicted molar refractivity (Wildman–Crippen MR) is 117 cm³/mol. The zero-order valence-corrected chi connectivity index (χ0v) is 20.7. The van der Waals surface area contributed by atoms with E-state index in [1.807, 2.05) is 41.5 Å². The highest BCUT2D eigenvalue weighted by Gasteiger charge is 2.23. The molecule has 0 heterocycles. The highest BCUT2D eigenvalue weighted by atomic mass is 16.6. The normalized spacial score (nSPS) is 13.5. The third-order valence-corrected chi connectivity index (χ3v) is 2.94. The average Bonchev–Trinajstić information content (AvgIpc) is 2.56. The van der Waals surface area contributed by atoms with E-state index in [0.717, 1.165) is 0 Å². The van der Waals surface area contributed by atoms with Crippen molar-refractivity contribution in [1.82, 2.24) is 10.6 Å². The van der Waals surface area contributed by atoms with Crippen LogP contribution in [0.4, 0.5) is 9.59 Å². The molecular weight excluding hydrogens is 404 g/mol. The van der Waals surface area contributed by atoms with E-state index in [4.69, 9.17) is 14.2 Å². The van der Waals surface area contributed by atoms with E-state index >= 15 is 0 Å². The Bertz CT molecular complexity index is 579. The van der Waals surface area contributed by atoms with Crippen LogP contribution in [0.15, 0.2) is 20.5 Å². The number of nitrogens with zero attached hydrogens (tertiary/aromatic N) is 4. The molecule has 0 unspecified atom stereocenters. The van der Waals surface area contributed by atoms with Gasteiger partial charge in [-0.25, -0.2) is 9.59 Å². The Hall–Kier alpha value is -2.30.